The van der Waals surface area contributed by atoms with Gasteiger partial charge in [-0.15, -0.1) is 0 Å². The average molecular weight is 455 g/mol. The number of nitrogens with zero attached hydrogens (tertiary/aromatic N) is 4. The Labute approximate surface area is 191 Å². The zero-order valence-electron chi connectivity index (χ0n) is 18.7. The topological polar surface area (TPSA) is 75.2 Å². The molecule has 0 bridgehead atoms. The minimum absolute atomic E-state index is 0.108. The standard InChI is InChI=1S/C24H28F2N6O/c1-16-12-17(2-3-21(16)32-8-10-33-11-9-32)19-13-20-22(29-7-6-28-20)23(31-19)30-15-18-14-27-5-4-24(18,25)26/h2-3,6-7,12-13,18,27H,4-5,8-11,14-15H2,1H3,(H,30,31)/t18-/m0/s1. The van der Waals surface area contributed by atoms with Crippen molar-refractivity contribution < 1.29 is 13.5 Å². The summed E-state index contributed by atoms with van der Waals surface area (Å²) in [5.41, 5.74) is 5.27. The zero-order valence-corrected chi connectivity index (χ0v) is 18.7. The summed E-state index contributed by atoms with van der Waals surface area (Å²) in [6, 6.07) is 8.16. The van der Waals surface area contributed by atoms with Crippen molar-refractivity contribution in [1.29, 1.82) is 0 Å². The molecule has 0 amide bonds. The molecule has 3 aromatic rings. The number of hydrogen-bond acceptors (Lipinski definition) is 7. The van der Waals surface area contributed by atoms with Crippen LogP contribution in [-0.4, -0.2) is 66.8 Å². The third-order valence-electron chi connectivity index (χ3n) is 6.44. The Morgan fingerprint density at radius 2 is 2.00 bits per heavy atom. The summed E-state index contributed by atoms with van der Waals surface area (Å²) in [6.07, 6.45) is 3.07. The molecule has 9 heteroatoms. The van der Waals surface area contributed by atoms with E-state index in [0.717, 1.165) is 43.1 Å². The van der Waals surface area contributed by atoms with Gasteiger partial charge in [-0.25, -0.2) is 18.7 Å². The second-order valence-corrected chi connectivity index (χ2v) is 8.67. The van der Waals surface area contributed by atoms with Gasteiger partial charge in [-0.3, -0.25) is 4.98 Å². The van der Waals surface area contributed by atoms with Gasteiger partial charge in [-0.2, -0.15) is 0 Å². The Morgan fingerprint density at radius 3 is 2.79 bits per heavy atom. The number of morpholine rings is 1. The Bertz CT molecular complexity index is 1140. The summed E-state index contributed by atoms with van der Waals surface area (Å²) >= 11 is 0. The monoisotopic (exact) mass is 454 g/mol. The number of rotatable bonds is 5. The second kappa shape index (κ2) is 9.15. The molecule has 2 saturated heterocycles. The normalized spacial score (nSPS) is 20.7. The predicted octanol–water partition coefficient (Wildman–Crippen LogP) is 3.49. The molecule has 2 aliphatic heterocycles. The first-order valence-corrected chi connectivity index (χ1v) is 11.4. The van der Waals surface area contributed by atoms with Gasteiger partial charge in [0, 0.05) is 62.8 Å². The highest BCUT2D eigenvalue weighted by molar-refractivity contribution is 5.88. The number of aryl methyl sites for hydroxylation is 1. The van der Waals surface area contributed by atoms with Gasteiger partial charge in [0.1, 0.15) is 5.52 Å². The van der Waals surface area contributed by atoms with E-state index in [-0.39, 0.29) is 19.5 Å². The lowest BCUT2D eigenvalue weighted by atomic mass is 9.95. The van der Waals surface area contributed by atoms with Gasteiger partial charge in [-0.1, -0.05) is 6.07 Å². The van der Waals surface area contributed by atoms with Crippen LogP contribution in [0.4, 0.5) is 20.3 Å². The van der Waals surface area contributed by atoms with Crippen LogP contribution in [-0.2, 0) is 4.74 Å². The van der Waals surface area contributed by atoms with Gasteiger partial charge in [0.15, 0.2) is 5.82 Å². The van der Waals surface area contributed by atoms with Crippen molar-refractivity contribution in [2.75, 3.05) is 56.2 Å². The van der Waals surface area contributed by atoms with Crippen molar-refractivity contribution in [3.63, 3.8) is 0 Å². The molecule has 1 atom stereocenters. The third kappa shape index (κ3) is 4.60. The number of pyridine rings is 1. The van der Waals surface area contributed by atoms with Crippen molar-refractivity contribution >= 4 is 22.5 Å². The number of anilines is 2. The first-order chi connectivity index (χ1) is 16.0. The van der Waals surface area contributed by atoms with Crippen molar-refractivity contribution in [2.24, 2.45) is 5.92 Å². The van der Waals surface area contributed by atoms with E-state index < -0.39 is 11.8 Å². The Hall–Kier alpha value is -2.91. The van der Waals surface area contributed by atoms with Crippen LogP contribution in [0.2, 0.25) is 0 Å². The maximum Gasteiger partial charge on any atom is 0.255 e. The van der Waals surface area contributed by atoms with Crippen LogP contribution in [0.3, 0.4) is 0 Å². The highest BCUT2D eigenvalue weighted by Crippen LogP contribution is 2.32. The molecular weight excluding hydrogens is 426 g/mol. The first-order valence-electron chi connectivity index (χ1n) is 11.4. The fourth-order valence-electron chi connectivity index (χ4n) is 4.54. The van der Waals surface area contributed by atoms with Crippen LogP contribution in [0.25, 0.3) is 22.3 Å². The van der Waals surface area contributed by atoms with Crippen LogP contribution >= 0.6 is 0 Å². The molecule has 7 nitrogen and oxygen atoms in total. The quantitative estimate of drug-likeness (QED) is 0.611. The van der Waals surface area contributed by atoms with E-state index in [1.165, 1.54) is 5.69 Å². The molecule has 2 aliphatic rings. The summed E-state index contributed by atoms with van der Waals surface area (Å²) in [4.78, 5) is 15.9. The molecule has 0 spiro atoms. The SMILES string of the molecule is Cc1cc(-c2cc3nccnc3c(NC[C@@H]3CNCCC3(F)F)n2)ccc1N1CCOCC1. The molecule has 2 aromatic heterocycles. The smallest absolute Gasteiger partial charge is 0.255 e. The summed E-state index contributed by atoms with van der Waals surface area (Å²) in [5, 5.41) is 6.20. The van der Waals surface area contributed by atoms with Crippen molar-refractivity contribution in [3.8, 4) is 11.3 Å². The van der Waals surface area contributed by atoms with Crippen molar-refractivity contribution in [3.05, 3.63) is 42.2 Å². The number of alkyl halides is 2. The minimum atomic E-state index is -2.70. The molecule has 5 rings (SSSR count). The molecule has 4 heterocycles. The lowest BCUT2D eigenvalue weighted by Crippen LogP contribution is -2.47. The van der Waals surface area contributed by atoms with E-state index in [2.05, 4.69) is 44.6 Å². The Balaban J connectivity index is 1.45. The Morgan fingerprint density at radius 1 is 1.18 bits per heavy atom. The van der Waals surface area contributed by atoms with E-state index in [0.29, 0.717) is 23.4 Å². The number of halogens is 2. The summed E-state index contributed by atoms with van der Waals surface area (Å²) in [6.45, 7) is 6.02. The predicted molar refractivity (Wildman–Crippen MR) is 125 cm³/mol. The fraction of sp³-hybridized carbons (Fsp3) is 0.458. The molecule has 0 aliphatic carbocycles. The Kier molecular flexibility index (Phi) is 6.07. The highest BCUT2D eigenvalue weighted by Gasteiger charge is 2.41. The number of aromatic nitrogens is 3. The van der Waals surface area contributed by atoms with E-state index in [4.69, 9.17) is 9.72 Å². The van der Waals surface area contributed by atoms with Crippen molar-refractivity contribution in [2.45, 2.75) is 19.3 Å². The van der Waals surface area contributed by atoms with E-state index in [1.807, 2.05) is 12.1 Å². The summed E-state index contributed by atoms with van der Waals surface area (Å²) in [7, 11) is 0. The van der Waals surface area contributed by atoms with Gasteiger partial charge in [0.2, 0.25) is 0 Å². The number of hydrogen-bond donors (Lipinski definition) is 2. The van der Waals surface area contributed by atoms with E-state index in [1.54, 1.807) is 12.4 Å². The van der Waals surface area contributed by atoms with E-state index in [9.17, 15) is 8.78 Å². The summed E-state index contributed by atoms with van der Waals surface area (Å²) in [5.74, 6) is -3.03. The first kappa shape index (κ1) is 21.9. The van der Waals surface area contributed by atoms with Crippen LogP contribution in [0, 0.1) is 12.8 Å². The molecule has 2 N–H and O–H groups in total. The molecule has 174 valence electrons. The molecule has 0 radical (unpaired) electrons. The van der Waals surface area contributed by atoms with Crippen LogP contribution < -0.4 is 15.5 Å². The van der Waals surface area contributed by atoms with Gasteiger partial charge in [0.05, 0.1) is 30.3 Å². The maximum absolute atomic E-state index is 14.3. The second-order valence-electron chi connectivity index (χ2n) is 8.67. The number of nitrogens with one attached hydrogen (secondary N) is 2. The molecule has 33 heavy (non-hydrogen) atoms. The van der Waals surface area contributed by atoms with Crippen LogP contribution in [0.15, 0.2) is 36.7 Å². The number of ether oxygens (including phenoxy) is 1. The molecular formula is C24H28F2N6O. The maximum atomic E-state index is 14.3. The van der Waals surface area contributed by atoms with Crippen LogP contribution in [0.5, 0.6) is 0 Å². The highest BCUT2D eigenvalue weighted by atomic mass is 19.3. The zero-order chi connectivity index (χ0) is 22.8. The average Bonchev–Trinajstić information content (AvgIpc) is 2.83. The number of benzene rings is 1. The van der Waals surface area contributed by atoms with Gasteiger partial charge in [0.25, 0.3) is 5.92 Å². The lowest BCUT2D eigenvalue weighted by molar-refractivity contribution is -0.0728. The molecule has 1 aromatic carbocycles. The fourth-order valence-corrected chi connectivity index (χ4v) is 4.54. The lowest BCUT2D eigenvalue weighted by Gasteiger charge is -2.32. The molecule has 2 fully saturated rings. The number of fused-ring (bicyclic) bond motifs is 1. The molecule has 0 unspecified atom stereocenters. The largest absolute Gasteiger partial charge is 0.378 e. The van der Waals surface area contributed by atoms with Gasteiger partial charge < -0.3 is 20.3 Å². The van der Waals surface area contributed by atoms with E-state index >= 15 is 0 Å². The van der Waals surface area contributed by atoms with Gasteiger partial charge in [-0.05, 0) is 30.7 Å². The molecule has 0 saturated carbocycles. The van der Waals surface area contributed by atoms with Gasteiger partial charge >= 0.3 is 0 Å². The third-order valence-corrected chi connectivity index (χ3v) is 6.44. The van der Waals surface area contributed by atoms with Crippen LogP contribution in [0.1, 0.15) is 12.0 Å². The number of piperidine rings is 1. The summed E-state index contributed by atoms with van der Waals surface area (Å²) < 4.78 is 34.1. The minimum Gasteiger partial charge on any atom is -0.378 e. The van der Waals surface area contributed by atoms with Crippen molar-refractivity contribution in [1.82, 2.24) is 20.3 Å².